The first-order chi connectivity index (χ1) is 7.43. The molecule has 0 aromatic heterocycles. The van der Waals surface area contributed by atoms with E-state index in [0.29, 0.717) is 0 Å². The van der Waals surface area contributed by atoms with Gasteiger partial charge in [0.05, 0.1) is 15.4 Å². The third-order valence-electron chi connectivity index (χ3n) is 3.51. The Morgan fingerprint density at radius 1 is 1.06 bits per heavy atom. The summed E-state index contributed by atoms with van der Waals surface area (Å²) in [5.41, 5.74) is 5.81. The van der Waals surface area contributed by atoms with Crippen LogP contribution in [0.15, 0.2) is 10.4 Å². The summed E-state index contributed by atoms with van der Waals surface area (Å²) in [5.74, 6) is 1.55. The SMILES string of the molecule is Cc1cc(C)c(C)c(N=S2(=O)CCC2)c1C. The predicted octanol–water partition coefficient (Wildman–Crippen LogP) is 3.42. The topological polar surface area (TPSA) is 29.4 Å². The lowest BCUT2D eigenvalue weighted by Crippen LogP contribution is -2.23. The van der Waals surface area contributed by atoms with Crippen LogP contribution in [0.1, 0.15) is 28.7 Å². The highest BCUT2D eigenvalue weighted by Crippen LogP contribution is 2.32. The monoisotopic (exact) mass is 237 g/mol. The molecule has 0 spiro atoms. The van der Waals surface area contributed by atoms with Crippen LogP contribution in [0.5, 0.6) is 0 Å². The van der Waals surface area contributed by atoms with Crippen molar-refractivity contribution in [2.75, 3.05) is 11.5 Å². The van der Waals surface area contributed by atoms with Crippen molar-refractivity contribution in [1.82, 2.24) is 0 Å². The van der Waals surface area contributed by atoms with Crippen LogP contribution in [0, 0.1) is 27.7 Å². The first kappa shape index (κ1) is 11.6. The van der Waals surface area contributed by atoms with Crippen molar-refractivity contribution < 1.29 is 4.21 Å². The molecule has 0 N–H and O–H groups in total. The van der Waals surface area contributed by atoms with Crippen molar-refractivity contribution >= 4 is 15.4 Å². The Bertz CT molecular complexity index is 515. The molecule has 2 nitrogen and oxygen atoms in total. The minimum Gasteiger partial charge on any atom is -0.249 e. The van der Waals surface area contributed by atoms with Crippen molar-refractivity contribution in [3.8, 4) is 0 Å². The van der Waals surface area contributed by atoms with Gasteiger partial charge >= 0.3 is 0 Å². The lowest BCUT2D eigenvalue weighted by atomic mass is 9.99. The minimum absolute atomic E-state index is 0.777. The number of rotatable bonds is 1. The summed E-state index contributed by atoms with van der Waals surface area (Å²) < 4.78 is 16.7. The van der Waals surface area contributed by atoms with E-state index >= 15 is 0 Å². The van der Waals surface area contributed by atoms with E-state index in [9.17, 15) is 4.21 Å². The zero-order chi connectivity index (χ0) is 11.9. The largest absolute Gasteiger partial charge is 0.249 e. The van der Waals surface area contributed by atoms with Gasteiger partial charge in [0, 0.05) is 11.5 Å². The van der Waals surface area contributed by atoms with Crippen LogP contribution in [0.4, 0.5) is 5.69 Å². The van der Waals surface area contributed by atoms with Crippen LogP contribution in [-0.2, 0) is 9.73 Å². The average Bonchev–Trinajstić information content (AvgIpc) is 2.19. The van der Waals surface area contributed by atoms with Crippen LogP contribution < -0.4 is 0 Å². The third-order valence-corrected chi connectivity index (χ3v) is 5.88. The molecule has 1 heterocycles. The smallest absolute Gasteiger partial charge is 0.0793 e. The Hall–Kier alpha value is -0.830. The first-order valence-corrected chi connectivity index (χ1v) is 7.58. The molecule has 88 valence electrons. The van der Waals surface area contributed by atoms with Gasteiger partial charge in [-0.2, -0.15) is 4.36 Å². The third kappa shape index (κ3) is 1.88. The van der Waals surface area contributed by atoms with Gasteiger partial charge in [0.25, 0.3) is 0 Å². The van der Waals surface area contributed by atoms with E-state index in [0.717, 1.165) is 23.6 Å². The van der Waals surface area contributed by atoms with Crippen molar-refractivity contribution in [3.63, 3.8) is 0 Å². The summed E-state index contributed by atoms with van der Waals surface area (Å²) in [4.78, 5) is 0. The van der Waals surface area contributed by atoms with Crippen molar-refractivity contribution in [2.24, 2.45) is 4.36 Å². The van der Waals surface area contributed by atoms with Gasteiger partial charge in [0.2, 0.25) is 0 Å². The fourth-order valence-corrected chi connectivity index (χ4v) is 3.55. The van der Waals surface area contributed by atoms with Crippen LogP contribution in [0.3, 0.4) is 0 Å². The van der Waals surface area contributed by atoms with Gasteiger partial charge in [-0.1, -0.05) is 6.07 Å². The van der Waals surface area contributed by atoms with Crippen molar-refractivity contribution in [1.29, 1.82) is 0 Å². The second kappa shape index (κ2) is 3.88. The van der Waals surface area contributed by atoms with Gasteiger partial charge in [-0.25, -0.2) is 4.21 Å². The molecule has 0 amide bonds. The minimum atomic E-state index is -1.90. The zero-order valence-corrected chi connectivity index (χ0v) is 11.3. The molecule has 0 saturated carbocycles. The maximum absolute atomic E-state index is 12.2. The standard InChI is InChI=1S/C13H19NOS/c1-9-8-10(2)12(4)13(11(9)3)14-16(15)6-5-7-16/h8H,5-7H2,1-4H3. The molecular formula is C13H19NOS. The maximum Gasteiger partial charge on any atom is 0.0793 e. The summed E-state index contributed by atoms with van der Waals surface area (Å²) in [6.07, 6.45) is 1.06. The highest BCUT2D eigenvalue weighted by atomic mass is 32.2. The van der Waals surface area contributed by atoms with E-state index in [-0.39, 0.29) is 0 Å². The first-order valence-electron chi connectivity index (χ1n) is 5.73. The Morgan fingerprint density at radius 3 is 1.94 bits per heavy atom. The van der Waals surface area contributed by atoms with Gasteiger partial charge in [-0.05, 0) is 56.4 Å². The Balaban J connectivity index is 2.65. The number of aryl methyl sites for hydroxylation is 2. The summed E-state index contributed by atoms with van der Waals surface area (Å²) in [6.45, 7) is 8.33. The Kier molecular flexibility index (Phi) is 2.82. The summed E-state index contributed by atoms with van der Waals surface area (Å²) in [6, 6.07) is 2.18. The van der Waals surface area contributed by atoms with Gasteiger partial charge in [0.15, 0.2) is 0 Å². The molecule has 0 atom stereocenters. The highest BCUT2D eigenvalue weighted by molar-refractivity contribution is 7.95. The molecular weight excluding hydrogens is 218 g/mol. The van der Waals surface area contributed by atoms with Gasteiger partial charge in [-0.3, -0.25) is 0 Å². The molecule has 1 fully saturated rings. The fourth-order valence-electron chi connectivity index (χ4n) is 1.98. The van der Waals surface area contributed by atoms with Crippen LogP contribution in [-0.4, -0.2) is 15.7 Å². The Labute approximate surface area is 98.3 Å². The predicted molar refractivity (Wildman–Crippen MR) is 70.0 cm³/mol. The van der Waals surface area contributed by atoms with E-state index in [1.807, 2.05) is 0 Å². The summed E-state index contributed by atoms with van der Waals surface area (Å²) in [5, 5.41) is 0. The molecule has 0 aliphatic carbocycles. The molecule has 3 heteroatoms. The van der Waals surface area contributed by atoms with Crippen LogP contribution >= 0.6 is 0 Å². The molecule has 1 aliphatic heterocycles. The molecule has 1 aliphatic rings. The second-order valence-corrected chi connectivity index (χ2v) is 7.28. The molecule has 16 heavy (non-hydrogen) atoms. The van der Waals surface area contributed by atoms with Crippen LogP contribution in [0.2, 0.25) is 0 Å². The number of benzene rings is 1. The van der Waals surface area contributed by atoms with Crippen LogP contribution in [0.25, 0.3) is 0 Å². The average molecular weight is 237 g/mol. The molecule has 0 bridgehead atoms. The summed E-state index contributed by atoms with van der Waals surface area (Å²) >= 11 is 0. The normalized spacial score (nSPS) is 18.0. The molecule has 1 aromatic rings. The van der Waals surface area contributed by atoms with E-state index in [1.165, 1.54) is 22.3 Å². The van der Waals surface area contributed by atoms with E-state index in [1.54, 1.807) is 0 Å². The summed E-state index contributed by atoms with van der Waals surface area (Å²) in [7, 11) is -1.90. The van der Waals surface area contributed by atoms with Crippen molar-refractivity contribution in [3.05, 3.63) is 28.3 Å². The molecule has 0 unspecified atom stereocenters. The van der Waals surface area contributed by atoms with E-state index in [4.69, 9.17) is 0 Å². The molecule has 2 rings (SSSR count). The molecule has 1 saturated heterocycles. The van der Waals surface area contributed by atoms with Gasteiger partial charge < -0.3 is 0 Å². The maximum atomic E-state index is 12.2. The van der Waals surface area contributed by atoms with Crippen molar-refractivity contribution in [2.45, 2.75) is 34.1 Å². The number of nitrogens with zero attached hydrogens (tertiary/aromatic N) is 1. The number of hydrogen-bond acceptors (Lipinski definition) is 2. The second-order valence-electron chi connectivity index (χ2n) is 4.73. The lowest BCUT2D eigenvalue weighted by Gasteiger charge is -2.20. The Morgan fingerprint density at radius 2 is 1.56 bits per heavy atom. The molecule has 0 radical (unpaired) electrons. The van der Waals surface area contributed by atoms with Gasteiger partial charge in [-0.15, -0.1) is 0 Å². The lowest BCUT2D eigenvalue weighted by molar-refractivity contribution is 0.663. The fraction of sp³-hybridized carbons (Fsp3) is 0.538. The quantitative estimate of drug-likeness (QED) is 0.736. The highest BCUT2D eigenvalue weighted by Gasteiger charge is 2.20. The van der Waals surface area contributed by atoms with E-state index in [2.05, 4.69) is 38.1 Å². The van der Waals surface area contributed by atoms with E-state index < -0.39 is 9.73 Å². The zero-order valence-electron chi connectivity index (χ0n) is 10.5. The van der Waals surface area contributed by atoms with Gasteiger partial charge in [0.1, 0.15) is 0 Å². The number of hydrogen-bond donors (Lipinski definition) is 0. The molecule has 1 aromatic carbocycles.